The fraction of sp³-hybridized carbons (Fsp3) is 0.333. The van der Waals surface area contributed by atoms with Gasteiger partial charge < -0.3 is 9.67 Å². The molecule has 9 heteroatoms. The van der Waals surface area contributed by atoms with Crippen LogP contribution >= 0.6 is 27.7 Å². The highest BCUT2D eigenvalue weighted by Gasteiger charge is 2.32. The fourth-order valence-electron chi connectivity index (χ4n) is 3.67. The summed E-state index contributed by atoms with van der Waals surface area (Å²) < 4.78 is 3.20. The molecule has 1 aromatic carbocycles. The van der Waals surface area contributed by atoms with Crippen LogP contribution in [-0.2, 0) is 18.4 Å². The van der Waals surface area contributed by atoms with Gasteiger partial charge in [-0.05, 0) is 36.1 Å². The highest BCUT2D eigenvalue weighted by Crippen LogP contribution is 2.47. The zero-order valence-corrected chi connectivity index (χ0v) is 17.3. The molecule has 0 aliphatic carbocycles. The Morgan fingerprint density at radius 2 is 2.30 bits per heavy atom. The SMILES string of the molecule is C/C=C/Sc1c2n(c3cc(-c4nnn(C)n4)cc(Br)c13)CCC2CC(=O)O. The zero-order valence-electron chi connectivity index (χ0n) is 14.9. The molecule has 140 valence electrons. The second-order valence-corrected chi connectivity index (χ2v) is 8.26. The molecule has 7 nitrogen and oxygen atoms in total. The van der Waals surface area contributed by atoms with E-state index in [9.17, 15) is 9.90 Å². The number of hydrogen-bond acceptors (Lipinski definition) is 5. The van der Waals surface area contributed by atoms with E-state index in [0.717, 1.165) is 44.5 Å². The minimum Gasteiger partial charge on any atom is -0.481 e. The Hall–Kier alpha value is -2.13. The second-order valence-electron chi connectivity index (χ2n) is 6.49. The zero-order chi connectivity index (χ0) is 19.1. The Labute approximate surface area is 168 Å². The van der Waals surface area contributed by atoms with Crippen molar-refractivity contribution in [3.05, 3.63) is 33.8 Å². The molecule has 3 aromatic rings. The fourth-order valence-corrected chi connectivity index (χ4v) is 5.45. The van der Waals surface area contributed by atoms with E-state index < -0.39 is 5.97 Å². The van der Waals surface area contributed by atoms with Crippen molar-refractivity contribution in [3.8, 4) is 11.4 Å². The van der Waals surface area contributed by atoms with Crippen LogP contribution in [0.25, 0.3) is 22.3 Å². The number of fused-ring (bicyclic) bond motifs is 3. The van der Waals surface area contributed by atoms with Crippen molar-refractivity contribution in [2.45, 2.75) is 37.1 Å². The number of carbonyl (C=O) groups is 1. The summed E-state index contributed by atoms with van der Waals surface area (Å²) in [6.07, 6.45) is 2.98. The van der Waals surface area contributed by atoms with Gasteiger partial charge in [0.2, 0.25) is 5.82 Å². The number of aryl methyl sites for hydroxylation is 2. The maximum Gasteiger partial charge on any atom is 0.304 e. The van der Waals surface area contributed by atoms with Gasteiger partial charge in [0.25, 0.3) is 0 Å². The molecule has 1 atom stereocenters. The van der Waals surface area contributed by atoms with Crippen LogP contribution in [0.4, 0.5) is 0 Å². The Morgan fingerprint density at radius 3 is 2.96 bits per heavy atom. The van der Waals surface area contributed by atoms with Crippen molar-refractivity contribution in [2.75, 3.05) is 0 Å². The summed E-state index contributed by atoms with van der Waals surface area (Å²) in [6, 6.07) is 4.07. The summed E-state index contributed by atoms with van der Waals surface area (Å²) in [7, 11) is 1.74. The third-order valence-electron chi connectivity index (χ3n) is 4.71. The van der Waals surface area contributed by atoms with Gasteiger partial charge in [-0.1, -0.05) is 33.8 Å². The van der Waals surface area contributed by atoms with Gasteiger partial charge in [0.1, 0.15) is 0 Å². The van der Waals surface area contributed by atoms with Gasteiger partial charge >= 0.3 is 5.97 Å². The first-order valence-electron chi connectivity index (χ1n) is 8.59. The highest BCUT2D eigenvalue weighted by molar-refractivity contribution is 9.10. The van der Waals surface area contributed by atoms with E-state index in [2.05, 4.69) is 42.0 Å². The van der Waals surface area contributed by atoms with Gasteiger partial charge in [-0.25, -0.2) is 0 Å². The maximum atomic E-state index is 11.3. The van der Waals surface area contributed by atoms with E-state index >= 15 is 0 Å². The summed E-state index contributed by atoms with van der Waals surface area (Å²) >= 11 is 5.36. The first kappa shape index (κ1) is 18.2. The van der Waals surface area contributed by atoms with E-state index in [4.69, 9.17) is 0 Å². The van der Waals surface area contributed by atoms with Crippen molar-refractivity contribution in [1.82, 2.24) is 24.8 Å². The molecular formula is C18H18BrN5O2S. The average Bonchev–Trinajstić information content (AvgIpc) is 3.29. The number of nitrogens with zero attached hydrogens (tertiary/aromatic N) is 5. The minimum absolute atomic E-state index is 0.0210. The molecule has 1 aliphatic rings. The van der Waals surface area contributed by atoms with Crippen LogP contribution < -0.4 is 0 Å². The Bertz CT molecular complexity index is 1070. The molecule has 1 aliphatic heterocycles. The van der Waals surface area contributed by atoms with Crippen LogP contribution in [0, 0.1) is 0 Å². The molecular weight excluding hydrogens is 430 g/mol. The number of carboxylic acid groups (broad SMARTS) is 1. The molecule has 0 spiro atoms. The van der Waals surface area contributed by atoms with Crippen molar-refractivity contribution in [2.24, 2.45) is 7.05 Å². The first-order valence-corrected chi connectivity index (χ1v) is 10.3. The number of rotatable bonds is 5. The lowest BCUT2D eigenvalue weighted by Gasteiger charge is -2.09. The first-order chi connectivity index (χ1) is 13.0. The van der Waals surface area contributed by atoms with Crippen molar-refractivity contribution >= 4 is 44.6 Å². The molecule has 2 aromatic heterocycles. The van der Waals surface area contributed by atoms with Crippen molar-refractivity contribution in [3.63, 3.8) is 0 Å². The molecule has 0 fully saturated rings. The minimum atomic E-state index is -0.760. The lowest BCUT2D eigenvalue weighted by Crippen LogP contribution is -2.03. The van der Waals surface area contributed by atoms with Crippen LogP contribution in [0.3, 0.4) is 0 Å². The molecule has 0 amide bonds. The molecule has 4 rings (SSSR count). The normalized spacial score (nSPS) is 16.5. The van der Waals surface area contributed by atoms with E-state index in [0.29, 0.717) is 5.82 Å². The average molecular weight is 448 g/mol. The molecule has 1 unspecified atom stereocenters. The van der Waals surface area contributed by atoms with E-state index in [1.807, 2.05) is 24.5 Å². The number of benzene rings is 1. The Balaban J connectivity index is 1.94. The Morgan fingerprint density at radius 1 is 1.48 bits per heavy atom. The molecule has 1 N–H and O–H groups in total. The van der Waals surface area contributed by atoms with Crippen LogP contribution in [0.5, 0.6) is 0 Å². The quantitative estimate of drug-likeness (QED) is 0.590. The van der Waals surface area contributed by atoms with Crippen LogP contribution in [-0.4, -0.2) is 35.9 Å². The number of carboxylic acids is 1. The number of halogens is 1. The highest BCUT2D eigenvalue weighted by atomic mass is 79.9. The standard InChI is InChI=1S/C18H18BrN5O2S/c1-3-6-27-17-15-12(19)7-11(18-20-22-23(2)21-18)8-13(15)24-5-4-10(16(17)24)9-14(25)26/h3,6-8,10H,4-5,9H2,1-2H3,(H,25,26)/b6-3+. The van der Waals surface area contributed by atoms with Gasteiger partial charge in [0.15, 0.2) is 0 Å². The maximum absolute atomic E-state index is 11.3. The largest absolute Gasteiger partial charge is 0.481 e. The number of thioether (sulfide) groups is 1. The van der Waals surface area contributed by atoms with Crippen molar-refractivity contribution in [1.29, 1.82) is 0 Å². The number of allylic oxidation sites excluding steroid dienone is 1. The second kappa shape index (κ2) is 7.12. The predicted octanol–water partition coefficient (Wildman–Crippen LogP) is 4.18. The Kier molecular flexibility index (Phi) is 4.81. The molecule has 3 heterocycles. The topological polar surface area (TPSA) is 85.8 Å². The van der Waals surface area contributed by atoms with Gasteiger partial charge in [-0.2, -0.15) is 4.80 Å². The monoisotopic (exact) mass is 447 g/mol. The number of tetrazole rings is 1. The summed E-state index contributed by atoms with van der Waals surface area (Å²) in [4.78, 5) is 13.9. The summed E-state index contributed by atoms with van der Waals surface area (Å²) in [5.41, 5.74) is 3.06. The van der Waals surface area contributed by atoms with Crippen LogP contribution in [0.1, 0.15) is 31.4 Å². The predicted molar refractivity (Wildman–Crippen MR) is 108 cm³/mol. The van der Waals surface area contributed by atoms with Crippen LogP contribution in [0.2, 0.25) is 0 Å². The number of aromatic nitrogens is 5. The molecule has 0 saturated carbocycles. The third-order valence-corrected chi connectivity index (χ3v) is 6.39. The van der Waals surface area contributed by atoms with Crippen LogP contribution in [0.15, 0.2) is 33.0 Å². The smallest absolute Gasteiger partial charge is 0.304 e. The van der Waals surface area contributed by atoms with E-state index in [1.54, 1.807) is 18.8 Å². The number of hydrogen-bond donors (Lipinski definition) is 1. The molecule has 0 saturated heterocycles. The summed E-state index contributed by atoms with van der Waals surface area (Å²) in [5, 5.41) is 24.8. The molecule has 0 bridgehead atoms. The van der Waals surface area contributed by atoms with Gasteiger partial charge in [-0.3, -0.25) is 4.79 Å². The van der Waals surface area contributed by atoms with Gasteiger partial charge in [0.05, 0.1) is 19.0 Å². The van der Waals surface area contributed by atoms with Crippen molar-refractivity contribution < 1.29 is 9.90 Å². The molecule has 27 heavy (non-hydrogen) atoms. The lowest BCUT2D eigenvalue weighted by atomic mass is 10.00. The molecule has 0 radical (unpaired) electrons. The van der Waals surface area contributed by atoms with Gasteiger partial charge in [-0.15, -0.1) is 10.2 Å². The van der Waals surface area contributed by atoms with Gasteiger partial charge in [0, 0.05) is 38.5 Å². The number of aliphatic carboxylic acids is 1. The van der Waals surface area contributed by atoms with E-state index in [-0.39, 0.29) is 12.3 Å². The lowest BCUT2D eigenvalue weighted by molar-refractivity contribution is -0.137. The third kappa shape index (κ3) is 3.19. The van der Waals surface area contributed by atoms with E-state index in [1.165, 1.54) is 4.80 Å². The summed E-state index contributed by atoms with van der Waals surface area (Å²) in [6.45, 7) is 2.79. The summed E-state index contributed by atoms with van der Waals surface area (Å²) in [5.74, 6) is -0.171.